The van der Waals surface area contributed by atoms with Crippen LogP contribution >= 0.6 is 0 Å². The van der Waals surface area contributed by atoms with Crippen LogP contribution in [0.25, 0.3) is 0 Å². The molecule has 4 aromatic rings. The predicted octanol–water partition coefficient (Wildman–Crippen LogP) is 3.91. The maximum absolute atomic E-state index is 14.1. The lowest BCUT2D eigenvalue weighted by Gasteiger charge is -2.28. The standard InChI is InChI=1S/C29H27N3O8S/c1-39-23-14-16-24(17-15-23)41(37,38)32(18-20-6-3-2-4-7-20)27-25(29(34)31-36)8-5-9-26(27)40-19-21-10-12-22(13-11-21)28(33)30-35/h2-17,35-36H,18-19H2,1H3,(H,30,33)(H,31,34). The number of anilines is 1. The molecular weight excluding hydrogens is 550 g/mol. The largest absolute Gasteiger partial charge is 0.497 e. The van der Waals surface area contributed by atoms with Gasteiger partial charge in [0.15, 0.2) is 0 Å². The van der Waals surface area contributed by atoms with Gasteiger partial charge in [-0.15, -0.1) is 0 Å². The number of methoxy groups -OCH3 is 1. The van der Waals surface area contributed by atoms with Crippen molar-refractivity contribution in [3.8, 4) is 11.5 Å². The van der Waals surface area contributed by atoms with Crippen molar-refractivity contribution in [2.75, 3.05) is 11.4 Å². The molecule has 0 aliphatic carbocycles. The van der Waals surface area contributed by atoms with Gasteiger partial charge in [0.2, 0.25) is 0 Å². The van der Waals surface area contributed by atoms with Gasteiger partial charge >= 0.3 is 0 Å². The van der Waals surface area contributed by atoms with Gasteiger partial charge < -0.3 is 9.47 Å². The van der Waals surface area contributed by atoms with E-state index >= 15 is 0 Å². The minimum absolute atomic E-state index is 0.0521. The maximum atomic E-state index is 14.1. The zero-order valence-corrected chi connectivity index (χ0v) is 22.7. The van der Waals surface area contributed by atoms with Crippen LogP contribution in [-0.2, 0) is 23.2 Å². The van der Waals surface area contributed by atoms with Gasteiger partial charge in [-0.25, -0.2) is 19.4 Å². The number of para-hydroxylation sites is 1. The summed E-state index contributed by atoms with van der Waals surface area (Å²) in [6.45, 7) is -0.216. The van der Waals surface area contributed by atoms with Crippen molar-refractivity contribution in [2.45, 2.75) is 18.0 Å². The van der Waals surface area contributed by atoms with Crippen LogP contribution in [0.15, 0.2) is 102 Å². The van der Waals surface area contributed by atoms with Crippen molar-refractivity contribution in [3.05, 3.63) is 119 Å². The van der Waals surface area contributed by atoms with Gasteiger partial charge in [-0.3, -0.25) is 24.3 Å². The number of hydrogen-bond donors (Lipinski definition) is 4. The lowest BCUT2D eigenvalue weighted by Crippen LogP contribution is -2.33. The summed E-state index contributed by atoms with van der Waals surface area (Å²) in [5, 5.41) is 18.3. The number of hydrogen-bond acceptors (Lipinski definition) is 8. The Morgan fingerprint density at radius 3 is 2.05 bits per heavy atom. The second-order valence-corrected chi connectivity index (χ2v) is 10.6. The fraction of sp³-hybridized carbons (Fsp3) is 0.103. The van der Waals surface area contributed by atoms with E-state index < -0.39 is 21.8 Å². The molecule has 0 heterocycles. The van der Waals surface area contributed by atoms with E-state index in [9.17, 15) is 23.2 Å². The quantitative estimate of drug-likeness (QED) is 0.155. The molecule has 41 heavy (non-hydrogen) atoms. The number of amides is 2. The molecule has 0 fully saturated rings. The van der Waals surface area contributed by atoms with Gasteiger partial charge in [-0.05, 0) is 59.7 Å². The number of nitrogens with one attached hydrogen (secondary N) is 2. The molecule has 0 saturated carbocycles. The molecule has 4 rings (SSSR count). The molecule has 0 atom stereocenters. The summed E-state index contributed by atoms with van der Waals surface area (Å²) >= 11 is 0. The fourth-order valence-corrected chi connectivity index (χ4v) is 5.51. The Kier molecular flexibility index (Phi) is 9.19. The van der Waals surface area contributed by atoms with Crippen molar-refractivity contribution in [3.63, 3.8) is 0 Å². The van der Waals surface area contributed by atoms with Crippen LogP contribution in [-0.4, -0.2) is 37.8 Å². The van der Waals surface area contributed by atoms with E-state index in [-0.39, 0.29) is 40.6 Å². The highest BCUT2D eigenvalue weighted by atomic mass is 32.2. The van der Waals surface area contributed by atoms with Crippen LogP contribution in [0.5, 0.6) is 11.5 Å². The van der Waals surface area contributed by atoms with Crippen LogP contribution in [0, 0.1) is 0 Å². The van der Waals surface area contributed by atoms with Gasteiger partial charge in [0.1, 0.15) is 23.8 Å². The molecule has 0 radical (unpaired) electrons. The average molecular weight is 578 g/mol. The van der Waals surface area contributed by atoms with Crippen LogP contribution in [0.1, 0.15) is 31.8 Å². The first kappa shape index (κ1) is 29.1. The van der Waals surface area contributed by atoms with Gasteiger partial charge in [-0.2, -0.15) is 0 Å². The average Bonchev–Trinajstić information content (AvgIpc) is 3.02. The minimum Gasteiger partial charge on any atom is -0.497 e. The summed E-state index contributed by atoms with van der Waals surface area (Å²) in [6.07, 6.45) is 0. The monoisotopic (exact) mass is 577 g/mol. The normalized spacial score (nSPS) is 10.9. The Labute approximate surface area is 236 Å². The lowest BCUT2D eigenvalue weighted by molar-refractivity contribution is 0.0702. The van der Waals surface area contributed by atoms with E-state index in [0.29, 0.717) is 16.9 Å². The molecule has 2 amide bonds. The first-order chi connectivity index (χ1) is 19.8. The van der Waals surface area contributed by atoms with E-state index in [2.05, 4.69) is 0 Å². The molecular formula is C29H27N3O8S. The van der Waals surface area contributed by atoms with Gasteiger partial charge in [0.05, 0.1) is 24.1 Å². The lowest BCUT2D eigenvalue weighted by atomic mass is 10.1. The van der Waals surface area contributed by atoms with E-state index in [1.54, 1.807) is 53.4 Å². The third-order valence-corrected chi connectivity index (χ3v) is 7.88. The van der Waals surface area contributed by atoms with Crippen molar-refractivity contribution >= 4 is 27.5 Å². The highest BCUT2D eigenvalue weighted by molar-refractivity contribution is 7.92. The van der Waals surface area contributed by atoms with Crippen molar-refractivity contribution in [1.29, 1.82) is 0 Å². The molecule has 4 N–H and O–H groups in total. The van der Waals surface area contributed by atoms with E-state index in [0.717, 1.165) is 4.31 Å². The number of nitrogens with zero attached hydrogens (tertiary/aromatic N) is 1. The first-order valence-corrected chi connectivity index (χ1v) is 13.7. The number of carbonyl (C=O) groups is 2. The molecule has 4 aromatic carbocycles. The predicted molar refractivity (Wildman–Crippen MR) is 149 cm³/mol. The Bertz CT molecular complexity index is 1610. The molecule has 0 bridgehead atoms. The number of sulfonamides is 1. The molecule has 212 valence electrons. The van der Waals surface area contributed by atoms with Crippen molar-refractivity contribution in [2.24, 2.45) is 0 Å². The third kappa shape index (κ3) is 6.64. The molecule has 0 unspecified atom stereocenters. The Hall–Kier alpha value is -4.91. The SMILES string of the molecule is COc1ccc(S(=O)(=O)N(Cc2ccccc2)c2c(OCc3ccc(C(=O)NO)cc3)cccc2C(=O)NO)cc1. The number of ether oxygens (including phenoxy) is 2. The Morgan fingerprint density at radius 1 is 0.780 bits per heavy atom. The smallest absolute Gasteiger partial charge is 0.276 e. The Balaban J connectivity index is 1.81. The molecule has 11 nitrogen and oxygen atoms in total. The van der Waals surface area contributed by atoms with Crippen LogP contribution < -0.4 is 24.7 Å². The highest BCUT2D eigenvalue weighted by Crippen LogP contribution is 2.38. The summed E-state index contributed by atoms with van der Waals surface area (Å²) < 4.78 is 40.5. The van der Waals surface area contributed by atoms with Crippen LogP contribution in [0.4, 0.5) is 5.69 Å². The summed E-state index contributed by atoms with van der Waals surface area (Å²) in [5.74, 6) is -1.10. The number of hydroxylamine groups is 2. The fourth-order valence-electron chi connectivity index (χ4n) is 4.03. The second-order valence-electron chi connectivity index (χ2n) is 8.69. The van der Waals surface area contributed by atoms with Gasteiger partial charge in [0.25, 0.3) is 21.8 Å². The van der Waals surface area contributed by atoms with E-state index in [1.165, 1.54) is 61.7 Å². The summed E-state index contributed by atoms with van der Waals surface area (Å²) in [4.78, 5) is 24.4. The van der Waals surface area contributed by atoms with Crippen LogP contribution in [0.3, 0.4) is 0 Å². The van der Waals surface area contributed by atoms with Gasteiger partial charge in [-0.1, -0.05) is 48.5 Å². The summed E-state index contributed by atoms with van der Waals surface area (Å²) in [5.41, 5.74) is 4.38. The number of rotatable bonds is 11. The van der Waals surface area contributed by atoms with Gasteiger partial charge in [0, 0.05) is 5.56 Å². The highest BCUT2D eigenvalue weighted by Gasteiger charge is 2.32. The topological polar surface area (TPSA) is 154 Å². The third-order valence-electron chi connectivity index (χ3n) is 6.12. The van der Waals surface area contributed by atoms with E-state index in [1.807, 2.05) is 0 Å². The zero-order chi connectivity index (χ0) is 29.4. The van der Waals surface area contributed by atoms with Crippen molar-refractivity contribution in [1.82, 2.24) is 11.0 Å². The summed E-state index contributed by atoms with van der Waals surface area (Å²) in [7, 11) is -2.83. The maximum Gasteiger partial charge on any atom is 0.276 e. The Morgan fingerprint density at radius 2 is 1.44 bits per heavy atom. The molecule has 0 aromatic heterocycles. The summed E-state index contributed by atoms with van der Waals surface area (Å²) in [6, 6.07) is 25.2. The molecule has 0 saturated heterocycles. The zero-order valence-electron chi connectivity index (χ0n) is 21.9. The number of benzene rings is 4. The minimum atomic E-state index is -4.30. The molecule has 0 aliphatic heterocycles. The van der Waals surface area contributed by atoms with Crippen molar-refractivity contribution < 1.29 is 37.9 Å². The number of carbonyl (C=O) groups excluding carboxylic acids is 2. The second kappa shape index (κ2) is 13.0. The van der Waals surface area contributed by atoms with E-state index in [4.69, 9.17) is 14.7 Å². The molecule has 12 heteroatoms. The van der Waals surface area contributed by atoms with Crippen LogP contribution in [0.2, 0.25) is 0 Å². The molecule has 0 spiro atoms. The molecule has 0 aliphatic rings. The first-order valence-electron chi connectivity index (χ1n) is 12.2.